The summed E-state index contributed by atoms with van der Waals surface area (Å²) in [6, 6.07) is 7.38. The maximum atomic E-state index is 12.4. The maximum absolute atomic E-state index is 12.4. The molecule has 3 atom stereocenters. The van der Waals surface area contributed by atoms with E-state index in [4.69, 9.17) is 14.0 Å². The van der Waals surface area contributed by atoms with Gasteiger partial charge in [0.15, 0.2) is 0 Å². The second-order valence-electron chi connectivity index (χ2n) is 6.64. The molecule has 2 aliphatic heterocycles. The van der Waals surface area contributed by atoms with E-state index in [1.165, 1.54) is 6.20 Å². The first-order valence-electron chi connectivity index (χ1n) is 8.78. The molecular formula is C18H22N4O4. The van der Waals surface area contributed by atoms with E-state index in [-0.39, 0.29) is 29.9 Å². The molecule has 2 aromatic heterocycles. The van der Waals surface area contributed by atoms with Crippen LogP contribution in [0, 0.1) is 6.92 Å². The molecule has 8 nitrogen and oxygen atoms in total. The molecule has 0 radical (unpaired) electrons. The van der Waals surface area contributed by atoms with Gasteiger partial charge in [0.1, 0.15) is 0 Å². The van der Waals surface area contributed by atoms with Crippen LogP contribution in [-0.2, 0) is 16.1 Å². The van der Waals surface area contributed by atoms with Crippen LogP contribution in [0.1, 0.15) is 21.9 Å². The van der Waals surface area contributed by atoms with Crippen LogP contribution in [0.25, 0.3) is 0 Å². The highest BCUT2D eigenvalue weighted by atomic mass is 16.5. The van der Waals surface area contributed by atoms with Crippen molar-refractivity contribution >= 4 is 5.91 Å². The van der Waals surface area contributed by atoms with E-state index in [2.05, 4.69) is 20.4 Å². The fraction of sp³-hybridized carbons (Fsp3) is 0.500. The molecule has 2 saturated heterocycles. The van der Waals surface area contributed by atoms with E-state index in [0.717, 1.165) is 24.5 Å². The number of aryl methyl sites for hydroxylation is 1. The molecule has 4 heterocycles. The molecule has 138 valence electrons. The van der Waals surface area contributed by atoms with E-state index in [1.807, 2.05) is 25.1 Å². The number of pyridine rings is 1. The van der Waals surface area contributed by atoms with Gasteiger partial charge in [-0.15, -0.1) is 0 Å². The molecular weight excluding hydrogens is 336 g/mol. The molecule has 2 aliphatic rings. The van der Waals surface area contributed by atoms with E-state index >= 15 is 0 Å². The van der Waals surface area contributed by atoms with Crippen molar-refractivity contribution < 1.29 is 18.8 Å². The molecule has 26 heavy (non-hydrogen) atoms. The van der Waals surface area contributed by atoms with Crippen molar-refractivity contribution in [3.8, 4) is 0 Å². The van der Waals surface area contributed by atoms with Crippen LogP contribution in [0.3, 0.4) is 0 Å². The molecule has 1 amide bonds. The molecule has 0 aromatic carbocycles. The van der Waals surface area contributed by atoms with Crippen LogP contribution in [0.15, 0.2) is 35.0 Å². The molecule has 0 aliphatic carbocycles. The summed E-state index contributed by atoms with van der Waals surface area (Å²) in [7, 11) is 0. The van der Waals surface area contributed by atoms with Gasteiger partial charge in [0, 0.05) is 24.8 Å². The lowest BCUT2D eigenvalue weighted by atomic mass is 10.1. The topological polar surface area (TPSA) is 89.7 Å². The Morgan fingerprint density at radius 2 is 2.35 bits per heavy atom. The minimum absolute atomic E-state index is 0.119. The number of rotatable bonds is 5. The lowest BCUT2D eigenvalue weighted by molar-refractivity contribution is -0.0538. The van der Waals surface area contributed by atoms with Crippen molar-refractivity contribution in [2.75, 3.05) is 26.3 Å². The highest BCUT2D eigenvalue weighted by molar-refractivity contribution is 5.91. The fourth-order valence-corrected chi connectivity index (χ4v) is 3.60. The number of morpholine rings is 1. The Kier molecular flexibility index (Phi) is 4.96. The third-order valence-electron chi connectivity index (χ3n) is 4.84. The van der Waals surface area contributed by atoms with Crippen molar-refractivity contribution in [2.45, 2.75) is 31.7 Å². The molecule has 0 bridgehead atoms. The molecule has 8 heteroatoms. The molecule has 3 unspecified atom stereocenters. The zero-order valence-electron chi connectivity index (χ0n) is 14.6. The first kappa shape index (κ1) is 17.1. The fourth-order valence-electron chi connectivity index (χ4n) is 3.60. The van der Waals surface area contributed by atoms with Gasteiger partial charge in [0.2, 0.25) is 5.76 Å². The largest absolute Gasteiger partial charge is 0.378 e. The summed E-state index contributed by atoms with van der Waals surface area (Å²) < 4.78 is 16.8. The zero-order valence-corrected chi connectivity index (χ0v) is 14.6. The predicted molar refractivity (Wildman–Crippen MR) is 91.5 cm³/mol. The Morgan fingerprint density at radius 3 is 3.15 bits per heavy atom. The average molecular weight is 358 g/mol. The Labute approximate surface area is 151 Å². The number of amides is 1. The van der Waals surface area contributed by atoms with Crippen LogP contribution < -0.4 is 5.32 Å². The minimum Gasteiger partial charge on any atom is -0.378 e. The predicted octanol–water partition coefficient (Wildman–Crippen LogP) is 0.776. The SMILES string of the molecule is Cc1cccc(COC2C(NC(=O)c3ccno3)CN3CCOCC23)n1. The average Bonchev–Trinajstić information content (AvgIpc) is 3.28. The number of aromatic nitrogens is 2. The number of carbonyl (C=O) groups is 1. The summed E-state index contributed by atoms with van der Waals surface area (Å²) in [5.41, 5.74) is 1.83. The lowest BCUT2D eigenvalue weighted by Crippen LogP contribution is -2.48. The second kappa shape index (κ2) is 7.53. The standard InChI is InChI=1S/C18H22N4O4/c1-12-3-2-4-13(20-12)10-25-17-14(9-22-7-8-24-11-15(17)22)21-18(23)16-5-6-19-26-16/h2-6,14-15,17H,7-11H2,1H3,(H,21,23). The smallest absolute Gasteiger partial charge is 0.290 e. The van der Waals surface area contributed by atoms with Gasteiger partial charge in [-0.1, -0.05) is 11.2 Å². The number of ether oxygens (including phenoxy) is 2. The van der Waals surface area contributed by atoms with Crippen LogP contribution >= 0.6 is 0 Å². The summed E-state index contributed by atoms with van der Waals surface area (Å²) in [6.07, 6.45) is 1.28. The summed E-state index contributed by atoms with van der Waals surface area (Å²) >= 11 is 0. The quantitative estimate of drug-likeness (QED) is 0.844. The van der Waals surface area contributed by atoms with E-state index < -0.39 is 0 Å². The minimum atomic E-state index is -0.282. The normalized spacial score (nSPS) is 25.8. The van der Waals surface area contributed by atoms with Crippen molar-refractivity contribution in [3.05, 3.63) is 47.6 Å². The van der Waals surface area contributed by atoms with Crippen molar-refractivity contribution in [2.24, 2.45) is 0 Å². The molecule has 2 fully saturated rings. The van der Waals surface area contributed by atoms with Crippen LogP contribution in [-0.4, -0.2) is 65.4 Å². The van der Waals surface area contributed by atoms with Crippen molar-refractivity contribution in [3.63, 3.8) is 0 Å². The number of hydrogen-bond acceptors (Lipinski definition) is 7. The number of carbonyl (C=O) groups excluding carboxylic acids is 1. The molecule has 4 rings (SSSR count). The zero-order chi connectivity index (χ0) is 17.9. The van der Waals surface area contributed by atoms with Gasteiger partial charge in [0.25, 0.3) is 5.91 Å². The highest BCUT2D eigenvalue weighted by Crippen LogP contribution is 2.25. The van der Waals surface area contributed by atoms with Gasteiger partial charge in [-0.3, -0.25) is 14.7 Å². The molecule has 1 N–H and O–H groups in total. The van der Waals surface area contributed by atoms with Crippen LogP contribution in [0.4, 0.5) is 0 Å². The number of nitrogens with one attached hydrogen (secondary N) is 1. The molecule has 0 spiro atoms. The Bertz CT molecular complexity index is 751. The second-order valence-corrected chi connectivity index (χ2v) is 6.64. The Balaban J connectivity index is 1.46. The highest BCUT2D eigenvalue weighted by Gasteiger charge is 2.45. The Hall–Kier alpha value is -2.29. The third-order valence-corrected chi connectivity index (χ3v) is 4.84. The maximum Gasteiger partial charge on any atom is 0.290 e. The van der Waals surface area contributed by atoms with E-state index in [9.17, 15) is 4.79 Å². The van der Waals surface area contributed by atoms with Crippen LogP contribution in [0.5, 0.6) is 0 Å². The monoisotopic (exact) mass is 358 g/mol. The van der Waals surface area contributed by atoms with E-state index in [0.29, 0.717) is 19.8 Å². The molecule has 2 aromatic rings. The van der Waals surface area contributed by atoms with Gasteiger partial charge in [-0.2, -0.15) is 0 Å². The summed E-state index contributed by atoms with van der Waals surface area (Å²) in [4.78, 5) is 19.2. The lowest BCUT2D eigenvalue weighted by Gasteiger charge is -2.32. The van der Waals surface area contributed by atoms with Gasteiger partial charge in [-0.05, 0) is 19.1 Å². The first-order chi connectivity index (χ1) is 12.7. The first-order valence-corrected chi connectivity index (χ1v) is 8.78. The number of nitrogens with zero attached hydrogens (tertiary/aromatic N) is 3. The third kappa shape index (κ3) is 3.62. The summed E-state index contributed by atoms with van der Waals surface area (Å²) in [5.74, 6) is -0.0826. The summed E-state index contributed by atoms with van der Waals surface area (Å²) in [6.45, 7) is 5.20. The number of fused-ring (bicyclic) bond motifs is 1. The van der Waals surface area contributed by atoms with Gasteiger partial charge >= 0.3 is 0 Å². The van der Waals surface area contributed by atoms with E-state index in [1.54, 1.807) is 6.07 Å². The van der Waals surface area contributed by atoms with Crippen molar-refractivity contribution in [1.82, 2.24) is 20.4 Å². The van der Waals surface area contributed by atoms with Gasteiger partial charge < -0.3 is 19.3 Å². The van der Waals surface area contributed by atoms with Gasteiger partial charge in [-0.25, -0.2) is 0 Å². The van der Waals surface area contributed by atoms with Crippen LogP contribution in [0.2, 0.25) is 0 Å². The number of hydrogen-bond donors (Lipinski definition) is 1. The van der Waals surface area contributed by atoms with Gasteiger partial charge in [0.05, 0.1) is 49.9 Å². The van der Waals surface area contributed by atoms with Crippen molar-refractivity contribution in [1.29, 1.82) is 0 Å². The molecule has 0 saturated carbocycles. The Morgan fingerprint density at radius 1 is 1.42 bits per heavy atom. The summed E-state index contributed by atoms with van der Waals surface area (Å²) in [5, 5.41) is 6.61.